The SMILES string of the molecule is COC1(C)CCC(CC#N)C1(C)C. The number of methoxy groups -OCH3 is 1. The lowest BCUT2D eigenvalue weighted by molar-refractivity contribution is -0.0762. The molecule has 0 aliphatic heterocycles. The Hall–Kier alpha value is -0.550. The van der Waals surface area contributed by atoms with Crippen LogP contribution in [0.3, 0.4) is 0 Å². The zero-order chi connectivity index (χ0) is 10.1. The van der Waals surface area contributed by atoms with E-state index in [4.69, 9.17) is 10.00 Å². The number of rotatable bonds is 2. The van der Waals surface area contributed by atoms with Crippen molar-refractivity contribution in [1.82, 2.24) is 0 Å². The van der Waals surface area contributed by atoms with Crippen LogP contribution >= 0.6 is 0 Å². The predicted octanol–water partition coefficient (Wildman–Crippen LogP) is 2.74. The van der Waals surface area contributed by atoms with E-state index in [0.717, 1.165) is 12.8 Å². The molecule has 0 saturated heterocycles. The molecule has 13 heavy (non-hydrogen) atoms. The molecule has 1 fully saturated rings. The van der Waals surface area contributed by atoms with Crippen LogP contribution in [-0.4, -0.2) is 12.7 Å². The number of hydrogen-bond acceptors (Lipinski definition) is 2. The standard InChI is InChI=1S/C11H19NO/c1-10(2)9(6-8-12)5-7-11(10,3)13-4/h9H,5-7H2,1-4H3. The molecular formula is C11H19NO. The average molecular weight is 181 g/mol. The summed E-state index contributed by atoms with van der Waals surface area (Å²) in [5.41, 5.74) is 0.0754. The van der Waals surface area contributed by atoms with Crippen LogP contribution in [0.25, 0.3) is 0 Å². The van der Waals surface area contributed by atoms with Crippen molar-refractivity contribution in [3.8, 4) is 6.07 Å². The number of hydrogen-bond donors (Lipinski definition) is 0. The molecule has 0 heterocycles. The quantitative estimate of drug-likeness (QED) is 0.656. The monoisotopic (exact) mass is 181 g/mol. The van der Waals surface area contributed by atoms with Gasteiger partial charge in [-0.25, -0.2) is 0 Å². The summed E-state index contributed by atoms with van der Waals surface area (Å²) in [5, 5.41) is 8.71. The molecule has 1 rings (SSSR count). The van der Waals surface area contributed by atoms with Crippen molar-refractivity contribution in [2.75, 3.05) is 7.11 Å². The van der Waals surface area contributed by atoms with E-state index < -0.39 is 0 Å². The maximum absolute atomic E-state index is 8.71. The topological polar surface area (TPSA) is 33.0 Å². The Bertz CT molecular complexity index is 229. The van der Waals surface area contributed by atoms with Crippen LogP contribution in [0.15, 0.2) is 0 Å². The molecular weight excluding hydrogens is 162 g/mol. The van der Waals surface area contributed by atoms with E-state index in [1.165, 1.54) is 0 Å². The number of nitrogens with zero attached hydrogens (tertiary/aromatic N) is 1. The first-order valence-electron chi connectivity index (χ1n) is 4.90. The van der Waals surface area contributed by atoms with Crippen LogP contribution in [0, 0.1) is 22.7 Å². The first-order chi connectivity index (χ1) is 5.98. The fourth-order valence-electron chi connectivity index (χ4n) is 2.40. The normalized spacial score (nSPS) is 37.3. The Balaban J connectivity index is 2.83. The van der Waals surface area contributed by atoms with Gasteiger partial charge in [-0.3, -0.25) is 0 Å². The molecule has 1 aliphatic carbocycles. The molecule has 2 unspecified atom stereocenters. The second-order valence-electron chi connectivity index (χ2n) is 4.75. The Labute approximate surface area is 80.9 Å². The lowest BCUT2D eigenvalue weighted by Crippen LogP contribution is -2.41. The minimum Gasteiger partial charge on any atom is -0.378 e. The molecule has 0 aromatic carbocycles. The van der Waals surface area contributed by atoms with Gasteiger partial charge in [0.2, 0.25) is 0 Å². The molecule has 2 heteroatoms. The van der Waals surface area contributed by atoms with Crippen LogP contribution < -0.4 is 0 Å². The fourth-order valence-corrected chi connectivity index (χ4v) is 2.40. The minimum absolute atomic E-state index is 0.0471. The van der Waals surface area contributed by atoms with Gasteiger partial charge in [-0.15, -0.1) is 0 Å². The zero-order valence-corrected chi connectivity index (χ0v) is 9.05. The predicted molar refractivity (Wildman–Crippen MR) is 52.1 cm³/mol. The molecule has 74 valence electrons. The lowest BCUT2D eigenvalue weighted by Gasteiger charge is -2.40. The molecule has 0 N–H and O–H groups in total. The second kappa shape index (κ2) is 3.31. The van der Waals surface area contributed by atoms with Gasteiger partial charge in [-0.1, -0.05) is 13.8 Å². The maximum Gasteiger partial charge on any atom is 0.0704 e. The summed E-state index contributed by atoms with van der Waals surface area (Å²) >= 11 is 0. The molecule has 2 atom stereocenters. The molecule has 1 saturated carbocycles. The zero-order valence-electron chi connectivity index (χ0n) is 9.05. The maximum atomic E-state index is 8.71. The van der Waals surface area contributed by atoms with Gasteiger partial charge in [0.05, 0.1) is 11.7 Å². The highest BCUT2D eigenvalue weighted by atomic mass is 16.5. The molecule has 0 aromatic rings. The second-order valence-corrected chi connectivity index (χ2v) is 4.75. The Morgan fingerprint density at radius 3 is 2.46 bits per heavy atom. The fraction of sp³-hybridized carbons (Fsp3) is 0.909. The van der Waals surface area contributed by atoms with E-state index in [0.29, 0.717) is 12.3 Å². The van der Waals surface area contributed by atoms with Crippen LogP contribution in [0.5, 0.6) is 0 Å². The largest absolute Gasteiger partial charge is 0.378 e. The van der Waals surface area contributed by atoms with Crippen molar-refractivity contribution < 1.29 is 4.74 Å². The number of nitriles is 1. The highest BCUT2D eigenvalue weighted by Crippen LogP contribution is 2.52. The van der Waals surface area contributed by atoms with Gasteiger partial charge < -0.3 is 4.74 Å². The van der Waals surface area contributed by atoms with E-state index >= 15 is 0 Å². The first-order valence-corrected chi connectivity index (χ1v) is 4.90. The van der Waals surface area contributed by atoms with Crippen LogP contribution in [0.4, 0.5) is 0 Å². The van der Waals surface area contributed by atoms with Crippen LogP contribution in [-0.2, 0) is 4.74 Å². The van der Waals surface area contributed by atoms with Gasteiger partial charge in [-0.2, -0.15) is 5.26 Å². The summed E-state index contributed by atoms with van der Waals surface area (Å²) < 4.78 is 5.58. The van der Waals surface area contributed by atoms with E-state index in [1.807, 2.05) is 0 Å². The van der Waals surface area contributed by atoms with Crippen LogP contribution in [0.2, 0.25) is 0 Å². The Morgan fingerprint density at radius 1 is 1.46 bits per heavy atom. The first kappa shape index (κ1) is 10.5. The molecule has 0 radical (unpaired) electrons. The van der Waals surface area contributed by atoms with E-state index in [-0.39, 0.29) is 11.0 Å². The molecule has 0 spiro atoms. The Kier molecular flexibility index (Phi) is 2.68. The van der Waals surface area contributed by atoms with E-state index in [9.17, 15) is 0 Å². The van der Waals surface area contributed by atoms with E-state index in [2.05, 4.69) is 26.8 Å². The number of ether oxygens (including phenoxy) is 1. The highest BCUT2D eigenvalue weighted by molar-refractivity contribution is 5.03. The van der Waals surface area contributed by atoms with Crippen molar-refractivity contribution in [1.29, 1.82) is 5.26 Å². The third kappa shape index (κ3) is 1.46. The van der Waals surface area contributed by atoms with Crippen molar-refractivity contribution >= 4 is 0 Å². The Morgan fingerprint density at radius 2 is 2.08 bits per heavy atom. The summed E-state index contributed by atoms with van der Waals surface area (Å²) in [4.78, 5) is 0. The van der Waals surface area contributed by atoms with Gasteiger partial charge in [0.25, 0.3) is 0 Å². The summed E-state index contributed by atoms with van der Waals surface area (Å²) in [5.74, 6) is 0.488. The molecule has 1 aliphatic rings. The smallest absolute Gasteiger partial charge is 0.0704 e. The van der Waals surface area contributed by atoms with Gasteiger partial charge in [-0.05, 0) is 31.1 Å². The molecule has 2 nitrogen and oxygen atoms in total. The van der Waals surface area contributed by atoms with Gasteiger partial charge in [0.1, 0.15) is 0 Å². The lowest BCUT2D eigenvalue weighted by atomic mass is 9.72. The van der Waals surface area contributed by atoms with Gasteiger partial charge in [0, 0.05) is 13.5 Å². The third-order valence-corrected chi connectivity index (χ3v) is 4.14. The minimum atomic E-state index is -0.0471. The summed E-state index contributed by atoms with van der Waals surface area (Å²) in [6, 6.07) is 2.27. The van der Waals surface area contributed by atoms with E-state index in [1.54, 1.807) is 7.11 Å². The summed E-state index contributed by atoms with van der Waals surface area (Å²) in [7, 11) is 1.77. The molecule has 0 aromatic heterocycles. The van der Waals surface area contributed by atoms with Crippen molar-refractivity contribution in [3.63, 3.8) is 0 Å². The molecule has 0 bridgehead atoms. The summed E-state index contributed by atoms with van der Waals surface area (Å²) in [6.07, 6.45) is 2.85. The highest BCUT2D eigenvalue weighted by Gasteiger charge is 2.51. The van der Waals surface area contributed by atoms with Crippen LogP contribution in [0.1, 0.15) is 40.0 Å². The average Bonchev–Trinajstić information content (AvgIpc) is 2.30. The molecule has 0 amide bonds. The van der Waals surface area contributed by atoms with Crippen molar-refractivity contribution in [2.45, 2.75) is 45.6 Å². The van der Waals surface area contributed by atoms with Crippen molar-refractivity contribution in [3.05, 3.63) is 0 Å². The van der Waals surface area contributed by atoms with Gasteiger partial charge >= 0.3 is 0 Å². The van der Waals surface area contributed by atoms with Crippen molar-refractivity contribution in [2.24, 2.45) is 11.3 Å². The van der Waals surface area contributed by atoms with Gasteiger partial charge in [0.15, 0.2) is 0 Å². The summed E-state index contributed by atoms with van der Waals surface area (Å²) in [6.45, 7) is 6.58. The third-order valence-electron chi connectivity index (χ3n) is 4.14.